The molecule has 0 bridgehead atoms. The van der Waals surface area contributed by atoms with Gasteiger partial charge in [0.05, 0.1) is 24.4 Å². The van der Waals surface area contributed by atoms with E-state index in [0.717, 1.165) is 18.4 Å². The Kier molecular flexibility index (Phi) is 11.7. The maximum atomic E-state index is 15.6. The second kappa shape index (κ2) is 16.7. The predicted molar refractivity (Wildman–Crippen MR) is 219 cm³/mol. The number of carbonyl (C=O) groups excluding carboxylic acids is 3. The Bertz CT molecular complexity index is 2350. The van der Waals surface area contributed by atoms with Crippen LogP contribution in [0.1, 0.15) is 82.7 Å². The van der Waals surface area contributed by atoms with Crippen LogP contribution in [0.3, 0.4) is 0 Å². The minimum atomic E-state index is -2.80. The van der Waals surface area contributed by atoms with Crippen LogP contribution in [0.2, 0.25) is 5.02 Å². The lowest BCUT2D eigenvalue weighted by Gasteiger charge is -2.35. The van der Waals surface area contributed by atoms with Crippen molar-refractivity contribution < 1.29 is 32.6 Å². The number of esters is 1. The molecule has 14 heteroatoms. The number of pyridine rings is 1. The molecule has 7 rings (SSSR count). The molecule has 1 fully saturated rings. The van der Waals surface area contributed by atoms with Crippen LogP contribution < -0.4 is 5.32 Å². The van der Waals surface area contributed by atoms with Gasteiger partial charge in [0, 0.05) is 28.5 Å². The third-order valence-electron chi connectivity index (χ3n) is 10.5. The summed E-state index contributed by atoms with van der Waals surface area (Å²) >= 11 is 6.74. The van der Waals surface area contributed by atoms with Crippen LogP contribution in [0.4, 0.5) is 13.6 Å². The summed E-state index contributed by atoms with van der Waals surface area (Å²) in [5.41, 5.74) is 1.77. The Morgan fingerprint density at radius 1 is 0.949 bits per heavy atom. The summed E-state index contributed by atoms with van der Waals surface area (Å²) in [6.45, 7) is 4.84. The van der Waals surface area contributed by atoms with Gasteiger partial charge >= 0.3 is 18.6 Å². The second-order valence-corrected chi connectivity index (χ2v) is 17.0. The molecule has 306 valence electrons. The van der Waals surface area contributed by atoms with E-state index in [9.17, 15) is 18.4 Å². The monoisotopic (exact) mass is 822 g/mol. The van der Waals surface area contributed by atoms with Crippen LogP contribution in [0, 0.1) is 10.8 Å². The first kappa shape index (κ1) is 41.2. The minimum absolute atomic E-state index is 0.0466. The number of nitrogens with one attached hydrogen (secondary N) is 1. The number of hydrogen-bond donors (Lipinski definition) is 1. The fourth-order valence-electron chi connectivity index (χ4n) is 7.26. The minimum Gasteiger partial charge on any atom is -0.463 e. The van der Waals surface area contributed by atoms with Gasteiger partial charge in [-0.1, -0.05) is 106 Å². The number of aromatic nitrogens is 3. The van der Waals surface area contributed by atoms with Crippen molar-refractivity contribution in [3.05, 3.63) is 131 Å². The second-order valence-electron chi connectivity index (χ2n) is 16.6. The molecule has 1 aliphatic carbocycles. The van der Waals surface area contributed by atoms with Crippen molar-refractivity contribution in [3.63, 3.8) is 0 Å². The number of guanidine groups is 1. The van der Waals surface area contributed by atoms with Crippen LogP contribution in [-0.4, -0.2) is 50.2 Å². The number of alkyl halides is 2. The number of carbonyl (C=O) groups is 3. The zero-order valence-corrected chi connectivity index (χ0v) is 34.0. The van der Waals surface area contributed by atoms with Gasteiger partial charge in [-0.3, -0.25) is 24.8 Å². The maximum absolute atomic E-state index is 15.6. The largest absolute Gasteiger partial charge is 0.463 e. The van der Waals surface area contributed by atoms with Gasteiger partial charge in [0.1, 0.15) is 13.2 Å². The topological polar surface area (TPSA) is 128 Å². The number of ether oxygens (including phenoxy) is 2. The van der Waals surface area contributed by atoms with E-state index >= 15 is 4.79 Å². The Labute approximate surface area is 346 Å². The zero-order valence-electron chi connectivity index (χ0n) is 33.2. The smallest absolute Gasteiger partial charge is 0.414 e. The number of alkyl carbamates (subject to hydrolysis) is 1. The Balaban J connectivity index is 1.33. The van der Waals surface area contributed by atoms with Crippen LogP contribution in [0.15, 0.2) is 115 Å². The quantitative estimate of drug-likeness (QED) is 0.117. The molecule has 0 spiro atoms. The van der Waals surface area contributed by atoms with E-state index < -0.39 is 41.5 Å². The van der Waals surface area contributed by atoms with Crippen LogP contribution in [0.5, 0.6) is 0 Å². The highest BCUT2D eigenvalue weighted by molar-refractivity contribution is 6.33. The van der Waals surface area contributed by atoms with E-state index in [1.54, 1.807) is 54.7 Å². The van der Waals surface area contributed by atoms with Crippen molar-refractivity contribution in [2.24, 2.45) is 15.8 Å². The van der Waals surface area contributed by atoms with Crippen molar-refractivity contribution in [2.75, 3.05) is 6.61 Å². The normalized spacial score (nSPS) is 17.7. The molecule has 1 saturated carbocycles. The fourth-order valence-corrected chi connectivity index (χ4v) is 7.47. The molecule has 59 heavy (non-hydrogen) atoms. The van der Waals surface area contributed by atoms with E-state index in [0.29, 0.717) is 43.2 Å². The lowest BCUT2D eigenvalue weighted by molar-refractivity contribution is -0.148. The Morgan fingerprint density at radius 3 is 2.32 bits per heavy atom. The summed E-state index contributed by atoms with van der Waals surface area (Å²) in [4.78, 5) is 53.5. The molecule has 0 radical (unpaired) electrons. The highest BCUT2D eigenvalue weighted by Gasteiger charge is 2.54. The SMILES string of the molecule is CC(C)(C)C[C@]1(c2ccc(-c3cnn(C(F)F)c3)cc2)N=C(NC(=O)OCc2ccccc2)N([C@H](COC(=O)CC2(C)CC2)c2ccc(Cl)c(-c3ccccn3)c2)C1=O. The van der Waals surface area contributed by atoms with E-state index in [1.807, 2.05) is 70.2 Å². The van der Waals surface area contributed by atoms with Gasteiger partial charge < -0.3 is 9.47 Å². The van der Waals surface area contributed by atoms with Gasteiger partial charge in [-0.15, -0.1) is 0 Å². The standard InChI is InChI=1S/C45H45ClF2N6O5/c1-43(2,3)28-45(33-16-13-30(14-17-33)32-24-50-53(25-32)40(47)48)39(56)54(41(52-45)51-42(57)59-26-29-10-6-5-7-11-29)37(27-58-38(55)23-44(4)19-20-44)31-15-18-35(46)34(22-31)36-12-8-9-21-49-36/h5-18,21-22,24-25,37,40H,19-20,23,26-28H2,1-4H3,(H,51,52,57)/t37-,45-/m1/s1. The molecule has 2 atom stereocenters. The van der Waals surface area contributed by atoms with E-state index in [2.05, 4.69) is 15.4 Å². The Hall–Kier alpha value is -5.95. The van der Waals surface area contributed by atoms with Gasteiger partial charge in [0.25, 0.3) is 5.91 Å². The van der Waals surface area contributed by atoms with Gasteiger partial charge in [0.2, 0.25) is 5.96 Å². The average molecular weight is 823 g/mol. The van der Waals surface area contributed by atoms with Crippen molar-refractivity contribution in [1.82, 2.24) is 25.0 Å². The van der Waals surface area contributed by atoms with E-state index in [1.165, 1.54) is 17.3 Å². The number of aliphatic imine (C=N–C) groups is 1. The molecular weight excluding hydrogens is 778 g/mol. The molecule has 1 N–H and O–H groups in total. The van der Waals surface area contributed by atoms with Crippen molar-refractivity contribution >= 4 is 35.5 Å². The van der Waals surface area contributed by atoms with Crippen LogP contribution >= 0.6 is 11.6 Å². The predicted octanol–water partition coefficient (Wildman–Crippen LogP) is 9.89. The molecule has 1 aliphatic heterocycles. The van der Waals surface area contributed by atoms with Crippen molar-refractivity contribution in [3.8, 4) is 22.4 Å². The number of hydrogen-bond acceptors (Lipinski definition) is 8. The van der Waals surface area contributed by atoms with E-state index in [-0.39, 0.29) is 37.4 Å². The molecule has 3 aromatic carbocycles. The zero-order chi connectivity index (χ0) is 42.0. The van der Waals surface area contributed by atoms with Gasteiger partial charge in [0.15, 0.2) is 5.54 Å². The fraction of sp³-hybridized carbons (Fsp3) is 0.333. The summed E-state index contributed by atoms with van der Waals surface area (Å²) in [5, 5.41) is 6.94. The van der Waals surface area contributed by atoms with Gasteiger partial charge in [-0.05, 0) is 76.6 Å². The first-order valence-electron chi connectivity index (χ1n) is 19.3. The first-order chi connectivity index (χ1) is 28.1. The summed E-state index contributed by atoms with van der Waals surface area (Å²) in [6, 6.07) is 25.7. The van der Waals surface area contributed by atoms with Crippen LogP contribution in [-0.2, 0) is 31.2 Å². The first-order valence-corrected chi connectivity index (χ1v) is 19.7. The molecule has 5 aromatic rings. The molecule has 2 amide bonds. The lowest BCUT2D eigenvalue weighted by atomic mass is 9.75. The number of amides is 2. The highest BCUT2D eigenvalue weighted by Crippen LogP contribution is 2.49. The summed E-state index contributed by atoms with van der Waals surface area (Å²) in [7, 11) is 0. The molecule has 0 saturated heterocycles. The number of benzene rings is 3. The number of halogens is 3. The van der Waals surface area contributed by atoms with Crippen LogP contribution in [0.25, 0.3) is 22.4 Å². The van der Waals surface area contributed by atoms with Gasteiger partial charge in [-0.2, -0.15) is 13.9 Å². The molecule has 2 aromatic heterocycles. The van der Waals surface area contributed by atoms with Gasteiger partial charge in [-0.25, -0.2) is 14.5 Å². The molecular formula is C45H45ClF2N6O5. The average Bonchev–Trinajstić information content (AvgIpc) is 3.60. The number of nitrogens with zero attached hydrogens (tertiary/aromatic N) is 5. The molecule has 11 nitrogen and oxygen atoms in total. The Morgan fingerprint density at radius 2 is 1.68 bits per heavy atom. The summed E-state index contributed by atoms with van der Waals surface area (Å²) < 4.78 is 38.9. The number of rotatable bonds is 13. The van der Waals surface area contributed by atoms with E-state index in [4.69, 9.17) is 26.1 Å². The van der Waals surface area contributed by atoms with Crippen molar-refractivity contribution in [2.45, 2.75) is 78.1 Å². The molecule has 2 aliphatic rings. The maximum Gasteiger partial charge on any atom is 0.414 e. The molecule has 0 unspecified atom stereocenters. The van der Waals surface area contributed by atoms with Crippen molar-refractivity contribution in [1.29, 1.82) is 0 Å². The summed E-state index contributed by atoms with van der Waals surface area (Å²) in [6.07, 6.45) is 5.61. The third kappa shape index (κ3) is 9.52. The highest BCUT2D eigenvalue weighted by atomic mass is 35.5. The molecule has 3 heterocycles. The summed E-state index contributed by atoms with van der Waals surface area (Å²) in [5.74, 6) is -1.02. The lowest BCUT2D eigenvalue weighted by Crippen LogP contribution is -2.49. The third-order valence-corrected chi connectivity index (χ3v) is 10.8.